The first-order chi connectivity index (χ1) is 14.7. The molecule has 164 valence electrons. The van der Waals surface area contributed by atoms with Crippen LogP contribution in [0.2, 0.25) is 0 Å². The van der Waals surface area contributed by atoms with Crippen LogP contribution >= 0.6 is 11.3 Å². The Labute approximate surface area is 178 Å². The van der Waals surface area contributed by atoms with Gasteiger partial charge in [0.25, 0.3) is 11.5 Å². The number of benzene rings is 1. The first kappa shape index (κ1) is 20.3. The maximum Gasteiger partial charge on any atom is 0.329 e. The first-order valence-electron chi connectivity index (χ1n) is 10.1. The Morgan fingerprint density at radius 3 is 2.68 bits per heavy atom. The van der Waals surface area contributed by atoms with Gasteiger partial charge in [-0.2, -0.15) is 0 Å². The number of aromatic nitrogens is 2. The van der Waals surface area contributed by atoms with Gasteiger partial charge >= 0.3 is 5.69 Å². The van der Waals surface area contributed by atoms with E-state index in [0.29, 0.717) is 21.5 Å². The van der Waals surface area contributed by atoms with Crippen molar-refractivity contribution in [1.82, 2.24) is 9.55 Å². The molecular formula is C21H21F3N4O2S. The van der Waals surface area contributed by atoms with Gasteiger partial charge in [-0.3, -0.25) is 14.3 Å². The molecule has 2 aliphatic rings. The largest absolute Gasteiger partial charge is 0.396 e. The van der Waals surface area contributed by atoms with Gasteiger partial charge in [0.15, 0.2) is 5.82 Å². The Balaban J connectivity index is 1.82. The third kappa shape index (κ3) is 2.88. The van der Waals surface area contributed by atoms with Crippen molar-refractivity contribution in [3.05, 3.63) is 48.7 Å². The minimum atomic E-state index is -2.92. The van der Waals surface area contributed by atoms with Crippen LogP contribution in [0.3, 0.4) is 0 Å². The number of thiophene rings is 1. The van der Waals surface area contributed by atoms with Gasteiger partial charge in [0.05, 0.1) is 22.5 Å². The average Bonchev–Trinajstić information content (AvgIpc) is 3.44. The summed E-state index contributed by atoms with van der Waals surface area (Å²) in [5, 5.41) is -0.0575. The Morgan fingerprint density at radius 2 is 2.03 bits per heavy atom. The molecule has 5 N–H and O–H groups in total. The lowest BCUT2D eigenvalue weighted by atomic mass is 9.84. The van der Waals surface area contributed by atoms with Crippen LogP contribution < -0.4 is 22.7 Å². The second-order valence-corrected chi connectivity index (χ2v) is 9.49. The molecule has 31 heavy (non-hydrogen) atoms. The first-order valence-corrected chi connectivity index (χ1v) is 10.9. The molecular weight excluding hydrogens is 429 g/mol. The van der Waals surface area contributed by atoms with Crippen molar-refractivity contribution < 1.29 is 13.2 Å². The zero-order chi connectivity index (χ0) is 22.2. The van der Waals surface area contributed by atoms with Crippen LogP contribution in [-0.2, 0) is 6.42 Å². The number of alkyl halides is 2. The van der Waals surface area contributed by atoms with Crippen molar-refractivity contribution in [1.29, 1.82) is 0 Å². The van der Waals surface area contributed by atoms with Gasteiger partial charge in [-0.05, 0) is 43.4 Å². The summed E-state index contributed by atoms with van der Waals surface area (Å²) in [6.45, 7) is 1.42. The molecule has 2 aliphatic carbocycles. The molecule has 1 saturated carbocycles. The van der Waals surface area contributed by atoms with Crippen molar-refractivity contribution in [2.45, 2.75) is 50.5 Å². The number of aromatic amines is 1. The minimum Gasteiger partial charge on any atom is -0.396 e. The highest BCUT2D eigenvalue weighted by molar-refractivity contribution is 7.15. The van der Waals surface area contributed by atoms with E-state index in [1.165, 1.54) is 15.9 Å². The number of hydrogen-bond acceptors (Lipinski definition) is 5. The number of fused-ring (bicyclic) bond motifs is 2. The summed E-state index contributed by atoms with van der Waals surface area (Å²) in [5.74, 6) is -4.84. The number of aryl methyl sites for hydroxylation is 2. The van der Waals surface area contributed by atoms with Gasteiger partial charge in [-0.15, -0.1) is 11.3 Å². The molecule has 1 atom stereocenters. The molecule has 0 bridgehead atoms. The van der Waals surface area contributed by atoms with E-state index in [1.54, 1.807) is 13.0 Å². The fourth-order valence-electron chi connectivity index (χ4n) is 4.71. The summed E-state index contributed by atoms with van der Waals surface area (Å²) < 4.78 is 45.7. The predicted molar refractivity (Wildman–Crippen MR) is 115 cm³/mol. The number of nitrogens with zero attached hydrogens (tertiary/aromatic N) is 1. The topological polar surface area (TPSA) is 107 Å². The zero-order valence-electron chi connectivity index (χ0n) is 16.7. The molecule has 2 aromatic heterocycles. The minimum absolute atomic E-state index is 0.0575. The summed E-state index contributed by atoms with van der Waals surface area (Å²) in [7, 11) is 0. The van der Waals surface area contributed by atoms with Crippen LogP contribution in [0, 0.1) is 12.7 Å². The smallest absolute Gasteiger partial charge is 0.329 e. The lowest BCUT2D eigenvalue weighted by Gasteiger charge is -2.30. The van der Waals surface area contributed by atoms with Crippen molar-refractivity contribution in [3.63, 3.8) is 0 Å². The SMILES string of the molecule is Cc1c(-c2cc3c(s2)CCC(F)(F)C3CN)c(F)c(N)c2c(=O)[nH]c(=O)n(C3CC3)c12. The highest BCUT2D eigenvalue weighted by atomic mass is 32.1. The number of halogens is 3. The van der Waals surface area contributed by atoms with E-state index in [-0.39, 0.29) is 42.1 Å². The zero-order valence-corrected chi connectivity index (χ0v) is 17.5. The van der Waals surface area contributed by atoms with Crippen LogP contribution in [-0.4, -0.2) is 22.0 Å². The Hall–Kier alpha value is -2.59. The molecule has 5 rings (SSSR count). The van der Waals surface area contributed by atoms with E-state index in [4.69, 9.17) is 11.5 Å². The molecule has 0 amide bonds. The second-order valence-electron chi connectivity index (χ2n) is 8.35. The van der Waals surface area contributed by atoms with E-state index in [1.807, 2.05) is 0 Å². The molecule has 3 aromatic rings. The maximum absolute atomic E-state index is 15.5. The van der Waals surface area contributed by atoms with Gasteiger partial charge in [-0.25, -0.2) is 18.0 Å². The maximum atomic E-state index is 15.5. The van der Waals surface area contributed by atoms with E-state index in [9.17, 15) is 18.4 Å². The Bertz CT molecular complexity index is 1350. The monoisotopic (exact) mass is 450 g/mol. The molecule has 0 saturated heterocycles. The van der Waals surface area contributed by atoms with Crippen molar-refractivity contribution in [3.8, 4) is 10.4 Å². The summed E-state index contributed by atoms with van der Waals surface area (Å²) in [6.07, 6.45) is 1.42. The summed E-state index contributed by atoms with van der Waals surface area (Å²) >= 11 is 1.23. The van der Waals surface area contributed by atoms with Crippen LogP contribution in [0.5, 0.6) is 0 Å². The quantitative estimate of drug-likeness (QED) is 0.532. The van der Waals surface area contributed by atoms with Gasteiger partial charge in [0, 0.05) is 34.3 Å². The van der Waals surface area contributed by atoms with Crippen LogP contribution in [0.15, 0.2) is 15.7 Å². The molecule has 10 heteroatoms. The average molecular weight is 450 g/mol. The molecule has 2 heterocycles. The highest BCUT2D eigenvalue weighted by Crippen LogP contribution is 2.49. The van der Waals surface area contributed by atoms with Crippen LogP contribution in [0.4, 0.5) is 18.9 Å². The Kier molecular flexibility index (Phi) is 4.39. The fraction of sp³-hybridized carbons (Fsp3) is 0.429. The predicted octanol–water partition coefficient (Wildman–Crippen LogP) is 3.41. The number of nitrogens with one attached hydrogen (secondary N) is 1. The lowest BCUT2D eigenvalue weighted by Crippen LogP contribution is -2.35. The third-order valence-corrected chi connectivity index (χ3v) is 7.63. The summed E-state index contributed by atoms with van der Waals surface area (Å²) in [4.78, 5) is 28.4. The van der Waals surface area contributed by atoms with Crippen molar-refractivity contribution >= 4 is 27.9 Å². The van der Waals surface area contributed by atoms with Gasteiger partial charge in [-0.1, -0.05) is 0 Å². The van der Waals surface area contributed by atoms with Gasteiger partial charge < -0.3 is 11.5 Å². The summed E-state index contributed by atoms with van der Waals surface area (Å²) in [5.41, 5.74) is 11.3. The molecule has 0 radical (unpaired) electrons. The number of hydrogen-bond donors (Lipinski definition) is 3. The van der Waals surface area contributed by atoms with Crippen molar-refractivity contribution in [2.75, 3.05) is 12.3 Å². The third-order valence-electron chi connectivity index (χ3n) is 6.41. The van der Waals surface area contributed by atoms with Gasteiger partial charge in [0.2, 0.25) is 0 Å². The second kappa shape index (κ2) is 6.70. The fourth-order valence-corrected chi connectivity index (χ4v) is 6.03. The molecule has 0 spiro atoms. The van der Waals surface area contributed by atoms with Gasteiger partial charge in [0.1, 0.15) is 0 Å². The number of H-pyrrole nitrogens is 1. The number of nitrogens with two attached hydrogens (primary N) is 2. The van der Waals surface area contributed by atoms with Crippen molar-refractivity contribution in [2.24, 2.45) is 5.73 Å². The standard InChI is InChI=1S/C21H21F3N4O2S/c1-8-14(13-6-10-11(7-25)21(23,24)5-4-12(10)31-13)16(22)17(26)15-18(8)28(9-2-3-9)20(30)27-19(15)29/h6,9,11H,2-5,7,25-26H2,1H3,(H,27,29,30). The molecule has 1 fully saturated rings. The van der Waals surface area contributed by atoms with Crippen LogP contribution in [0.1, 0.15) is 47.2 Å². The van der Waals surface area contributed by atoms with E-state index >= 15 is 4.39 Å². The highest BCUT2D eigenvalue weighted by Gasteiger charge is 2.44. The lowest BCUT2D eigenvalue weighted by molar-refractivity contribution is -0.0381. The Morgan fingerprint density at radius 1 is 1.32 bits per heavy atom. The number of rotatable bonds is 3. The van der Waals surface area contributed by atoms with E-state index in [0.717, 1.165) is 17.7 Å². The van der Waals surface area contributed by atoms with E-state index < -0.39 is 28.9 Å². The summed E-state index contributed by atoms with van der Waals surface area (Å²) in [6, 6.07) is 1.48. The number of nitrogen functional groups attached to an aromatic ring is 1. The van der Waals surface area contributed by atoms with E-state index in [2.05, 4.69) is 4.98 Å². The number of anilines is 1. The normalized spacial score (nSPS) is 20.2. The molecule has 1 unspecified atom stereocenters. The van der Waals surface area contributed by atoms with Crippen LogP contribution in [0.25, 0.3) is 21.3 Å². The molecule has 0 aliphatic heterocycles. The molecule has 1 aromatic carbocycles. The molecule has 6 nitrogen and oxygen atoms in total.